The predicted octanol–water partition coefficient (Wildman–Crippen LogP) is 4.19. The van der Waals surface area contributed by atoms with Gasteiger partial charge in [-0.3, -0.25) is 9.69 Å². The number of amides is 1. The van der Waals surface area contributed by atoms with E-state index in [0.29, 0.717) is 28.7 Å². The smallest absolute Gasteiger partial charge is 0.358 e. The van der Waals surface area contributed by atoms with Crippen molar-refractivity contribution in [3.63, 3.8) is 0 Å². The predicted molar refractivity (Wildman–Crippen MR) is 106 cm³/mol. The van der Waals surface area contributed by atoms with Crippen LogP contribution in [0, 0.1) is 0 Å². The molecule has 0 bridgehead atoms. The van der Waals surface area contributed by atoms with Gasteiger partial charge in [-0.25, -0.2) is 0 Å². The molecule has 1 N–H and O–H groups in total. The van der Waals surface area contributed by atoms with E-state index in [-0.39, 0.29) is 17.7 Å². The summed E-state index contributed by atoms with van der Waals surface area (Å²) in [6.07, 6.45) is 1.58. The van der Waals surface area contributed by atoms with Crippen molar-refractivity contribution >= 4 is 45.3 Å². The molecule has 150 valence electrons. The van der Waals surface area contributed by atoms with Gasteiger partial charge in [-0.2, -0.15) is 8.42 Å². The summed E-state index contributed by atoms with van der Waals surface area (Å²) in [7, 11) is -5.05. The fourth-order valence-corrected chi connectivity index (χ4v) is 4.03. The number of likely N-dealkylation sites (tertiary alicyclic amines) is 1. The molecule has 1 aliphatic heterocycles. The largest absolute Gasteiger partial charge is 0.488 e. The molecule has 10 heteroatoms. The normalized spacial score (nSPS) is 17.5. The summed E-state index contributed by atoms with van der Waals surface area (Å²) in [6, 6.07) is 10.5. The maximum Gasteiger partial charge on any atom is 0.488 e. The van der Waals surface area contributed by atoms with Crippen molar-refractivity contribution in [3.05, 3.63) is 58.1 Å². The second-order valence-corrected chi connectivity index (χ2v) is 8.22. The molecule has 6 nitrogen and oxygen atoms in total. The van der Waals surface area contributed by atoms with Crippen molar-refractivity contribution in [2.24, 2.45) is 0 Å². The number of carbonyl (C=O) groups excluding carboxylic acids is 1. The van der Waals surface area contributed by atoms with Gasteiger partial charge < -0.3 is 9.50 Å². The first-order valence-electron chi connectivity index (χ1n) is 8.44. The highest BCUT2D eigenvalue weighted by atomic mass is 35.5. The summed E-state index contributed by atoms with van der Waals surface area (Å²) in [6.45, 7) is 1.22. The highest BCUT2D eigenvalue weighted by molar-refractivity contribution is 7.81. The van der Waals surface area contributed by atoms with Crippen LogP contribution in [-0.2, 0) is 21.8 Å². The van der Waals surface area contributed by atoms with Crippen LogP contribution in [0.25, 0.3) is 0 Å². The number of carbonyl (C=O) groups is 1. The Morgan fingerprint density at radius 2 is 1.82 bits per heavy atom. The molecule has 0 saturated carbocycles. The fourth-order valence-electron chi connectivity index (χ4n) is 3.16. The van der Waals surface area contributed by atoms with Gasteiger partial charge in [0.2, 0.25) is 5.91 Å². The van der Waals surface area contributed by atoms with E-state index in [4.69, 9.17) is 23.2 Å². The average Bonchev–Trinajstić information content (AvgIpc) is 3.02. The lowest BCUT2D eigenvalue weighted by Crippen LogP contribution is -2.39. The average molecular weight is 447 g/mol. The molecule has 1 heterocycles. The summed E-state index contributed by atoms with van der Waals surface area (Å²) < 4.78 is 37.8. The Morgan fingerprint density at radius 1 is 1.18 bits per heavy atom. The molecule has 28 heavy (non-hydrogen) atoms. The van der Waals surface area contributed by atoms with Crippen molar-refractivity contribution in [1.82, 2.24) is 4.90 Å². The first kappa shape index (κ1) is 20.9. The summed E-state index contributed by atoms with van der Waals surface area (Å²) in [4.78, 5) is 14.7. The number of hydrogen-bond acceptors (Lipinski definition) is 5. The minimum atomic E-state index is -5.05. The topological polar surface area (TPSA) is 75.7 Å². The fraction of sp³-hybridized carbons (Fsp3) is 0.278. The number of hydrogen-bond donors (Lipinski definition) is 1. The summed E-state index contributed by atoms with van der Waals surface area (Å²) >= 11 is 11.9. The Bertz CT molecular complexity index is 950. The SMILES string of the molecule is O=C(Nc1cc(Cl)cc(Cl)c1)C1CCCN1Cc1ccc(OS(=O)(=O)F)cc1. The van der Waals surface area contributed by atoms with Crippen molar-refractivity contribution in [2.75, 3.05) is 11.9 Å². The van der Waals surface area contributed by atoms with Crippen LogP contribution >= 0.6 is 23.2 Å². The number of rotatable bonds is 6. The van der Waals surface area contributed by atoms with Crippen LogP contribution in [0.15, 0.2) is 42.5 Å². The molecule has 0 aromatic heterocycles. The minimum absolute atomic E-state index is 0.111. The first-order chi connectivity index (χ1) is 13.2. The van der Waals surface area contributed by atoms with Gasteiger partial charge in [0.15, 0.2) is 0 Å². The number of nitrogens with one attached hydrogen (secondary N) is 1. The lowest BCUT2D eigenvalue weighted by molar-refractivity contribution is -0.120. The lowest BCUT2D eigenvalue weighted by Gasteiger charge is -2.24. The molecule has 0 aliphatic carbocycles. The van der Waals surface area contributed by atoms with Crippen LogP contribution in [0.2, 0.25) is 10.0 Å². The number of anilines is 1. The zero-order chi connectivity index (χ0) is 20.3. The van der Waals surface area contributed by atoms with E-state index in [1.807, 2.05) is 4.90 Å². The van der Waals surface area contributed by atoms with Crippen molar-refractivity contribution in [3.8, 4) is 5.75 Å². The molecular formula is C18H17Cl2FN2O4S. The second-order valence-electron chi connectivity index (χ2n) is 6.40. The minimum Gasteiger partial charge on any atom is -0.358 e. The maximum atomic E-state index is 12.7. The molecule has 3 rings (SSSR count). The maximum absolute atomic E-state index is 12.7. The molecule has 1 atom stereocenters. The molecular weight excluding hydrogens is 430 g/mol. The van der Waals surface area contributed by atoms with Gasteiger partial charge in [0.1, 0.15) is 5.75 Å². The van der Waals surface area contributed by atoms with Gasteiger partial charge in [0, 0.05) is 22.3 Å². The van der Waals surface area contributed by atoms with E-state index < -0.39 is 10.5 Å². The zero-order valence-corrected chi connectivity index (χ0v) is 16.9. The number of halogens is 3. The third-order valence-electron chi connectivity index (χ3n) is 4.30. The molecule has 1 fully saturated rings. The Morgan fingerprint density at radius 3 is 2.43 bits per heavy atom. The van der Waals surface area contributed by atoms with E-state index >= 15 is 0 Å². The van der Waals surface area contributed by atoms with Gasteiger partial charge in [0.25, 0.3) is 0 Å². The van der Waals surface area contributed by atoms with Gasteiger partial charge in [0.05, 0.1) is 6.04 Å². The zero-order valence-electron chi connectivity index (χ0n) is 14.6. The van der Waals surface area contributed by atoms with E-state index in [9.17, 15) is 17.1 Å². The van der Waals surface area contributed by atoms with Gasteiger partial charge in [-0.15, -0.1) is 0 Å². The van der Waals surface area contributed by atoms with Crippen LogP contribution in [0.3, 0.4) is 0 Å². The standard InChI is InChI=1S/C18H17Cl2FN2O4S/c19-13-8-14(20)10-15(9-13)22-18(24)17-2-1-7-23(17)11-12-3-5-16(6-4-12)27-28(21,25)26/h3-6,8-10,17H,1-2,7,11H2,(H,22,24). The second kappa shape index (κ2) is 8.65. The summed E-state index contributed by atoms with van der Waals surface area (Å²) in [5.41, 5.74) is 1.37. The molecule has 1 aliphatic rings. The molecule has 1 saturated heterocycles. The molecule has 0 spiro atoms. The van der Waals surface area contributed by atoms with E-state index in [1.165, 1.54) is 12.1 Å². The van der Waals surface area contributed by atoms with Crippen LogP contribution < -0.4 is 9.50 Å². The number of benzene rings is 2. The van der Waals surface area contributed by atoms with Crippen molar-refractivity contribution in [1.29, 1.82) is 0 Å². The van der Waals surface area contributed by atoms with Gasteiger partial charge >= 0.3 is 10.5 Å². The Balaban J connectivity index is 1.64. The van der Waals surface area contributed by atoms with Crippen LogP contribution in [0.4, 0.5) is 9.57 Å². The molecule has 2 aromatic carbocycles. The third-order valence-corrected chi connectivity index (χ3v) is 5.13. The summed E-state index contributed by atoms with van der Waals surface area (Å²) in [5.74, 6) is -0.265. The third kappa shape index (κ3) is 5.81. The number of nitrogens with zero attached hydrogens (tertiary/aromatic N) is 1. The van der Waals surface area contributed by atoms with Crippen LogP contribution in [0.5, 0.6) is 5.75 Å². The molecule has 2 aromatic rings. The van der Waals surface area contributed by atoms with Crippen molar-refractivity contribution in [2.45, 2.75) is 25.4 Å². The first-order valence-corrected chi connectivity index (χ1v) is 10.5. The Labute approximate surface area is 172 Å². The Hall–Kier alpha value is -1.87. The lowest BCUT2D eigenvalue weighted by atomic mass is 10.1. The van der Waals surface area contributed by atoms with Crippen molar-refractivity contribution < 1.29 is 21.3 Å². The molecule has 0 radical (unpaired) electrons. The monoisotopic (exact) mass is 446 g/mol. The highest BCUT2D eigenvalue weighted by Gasteiger charge is 2.30. The van der Waals surface area contributed by atoms with Gasteiger partial charge in [-0.05, 0) is 55.3 Å². The highest BCUT2D eigenvalue weighted by Crippen LogP contribution is 2.26. The molecule has 1 unspecified atom stereocenters. The Kier molecular flexibility index (Phi) is 6.44. The van der Waals surface area contributed by atoms with Crippen LogP contribution in [-0.4, -0.2) is 31.8 Å². The quantitative estimate of drug-likeness (QED) is 0.673. The summed E-state index contributed by atoms with van der Waals surface area (Å²) in [5, 5.41) is 3.71. The van der Waals surface area contributed by atoms with E-state index in [1.54, 1.807) is 30.3 Å². The van der Waals surface area contributed by atoms with E-state index in [0.717, 1.165) is 18.5 Å². The van der Waals surface area contributed by atoms with Gasteiger partial charge in [-0.1, -0.05) is 39.2 Å². The molecule has 1 amide bonds. The van der Waals surface area contributed by atoms with Crippen LogP contribution in [0.1, 0.15) is 18.4 Å². The van der Waals surface area contributed by atoms with E-state index in [2.05, 4.69) is 9.50 Å².